The van der Waals surface area contributed by atoms with Crippen LogP contribution in [-0.4, -0.2) is 22.3 Å². The van der Waals surface area contributed by atoms with E-state index in [1.165, 1.54) is 23.2 Å². The number of rotatable bonds is 4. The highest BCUT2D eigenvalue weighted by molar-refractivity contribution is 6.30. The molecule has 1 aromatic carbocycles. The highest BCUT2D eigenvalue weighted by atomic mass is 35.5. The van der Waals surface area contributed by atoms with Gasteiger partial charge in [-0.25, -0.2) is 8.78 Å². The summed E-state index contributed by atoms with van der Waals surface area (Å²) in [6.45, 7) is 2.37. The Morgan fingerprint density at radius 2 is 2.00 bits per heavy atom. The van der Waals surface area contributed by atoms with Gasteiger partial charge in [-0.1, -0.05) is 17.7 Å². The molecule has 0 aliphatic heterocycles. The number of nitrogens with zero attached hydrogens (tertiary/aromatic N) is 2. The van der Waals surface area contributed by atoms with E-state index in [2.05, 4.69) is 4.98 Å². The first-order valence-corrected chi connectivity index (χ1v) is 6.73. The van der Waals surface area contributed by atoms with Gasteiger partial charge in [-0.3, -0.25) is 9.78 Å². The highest BCUT2D eigenvalue weighted by Gasteiger charge is 2.16. The van der Waals surface area contributed by atoms with Gasteiger partial charge in [0.25, 0.3) is 5.91 Å². The van der Waals surface area contributed by atoms with Crippen LogP contribution in [-0.2, 0) is 6.54 Å². The maximum absolute atomic E-state index is 13.2. The maximum Gasteiger partial charge on any atom is 0.272 e. The molecule has 0 unspecified atom stereocenters. The molecule has 0 spiro atoms. The second-order valence-corrected chi connectivity index (χ2v) is 4.86. The lowest BCUT2D eigenvalue weighted by Gasteiger charge is -2.20. The number of benzene rings is 1. The molecule has 0 aliphatic rings. The highest BCUT2D eigenvalue weighted by Crippen LogP contribution is 2.14. The van der Waals surface area contributed by atoms with Gasteiger partial charge in [-0.15, -0.1) is 0 Å². The number of halogens is 3. The molecule has 110 valence electrons. The van der Waals surface area contributed by atoms with Crippen LogP contribution < -0.4 is 0 Å². The quantitative estimate of drug-likeness (QED) is 0.863. The van der Waals surface area contributed by atoms with E-state index in [0.29, 0.717) is 17.1 Å². The van der Waals surface area contributed by atoms with Crippen molar-refractivity contribution in [2.24, 2.45) is 0 Å². The van der Waals surface area contributed by atoms with Gasteiger partial charge in [0.05, 0.1) is 0 Å². The Bertz CT molecular complexity index is 664. The number of carbonyl (C=O) groups excluding carboxylic acids is 1. The predicted octanol–water partition coefficient (Wildman–Crippen LogP) is 3.68. The number of amides is 1. The summed E-state index contributed by atoms with van der Waals surface area (Å²) in [5, 5.41) is 0.414. The van der Waals surface area contributed by atoms with Crippen LogP contribution >= 0.6 is 11.6 Å². The van der Waals surface area contributed by atoms with Crippen molar-refractivity contribution in [1.29, 1.82) is 0 Å². The van der Waals surface area contributed by atoms with E-state index in [1.807, 2.05) is 0 Å². The van der Waals surface area contributed by atoms with Crippen molar-refractivity contribution < 1.29 is 13.6 Å². The average Bonchev–Trinajstić information content (AvgIpc) is 2.47. The lowest BCUT2D eigenvalue weighted by atomic mass is 10.2. The average molecular weight is 311 g/mol. The number of carbonyl (C=O) groups is 1. The summed E-state index contributed by atoms with van der Waals surface area (Å²) in [5.41, 5.74) is 0.720. The molecule has 21 heavy (non-hydrogen) atoms. The molecule has 3 nitrogen and oxygen atoms in total. The first-order chi connectivity index (χ1) is 10.0. The summed E-state index contributed by atoms with van der Waals surface area (Å²) >= 11 is 5.83. The molecule has 2 aromatic rings. The first kappa shape index (κ1) is 15.4. The van der Waals surface area contributed by atoms with Crippen LogP contribution in [0.4, 0.5) is 8.78 Å². The topological polar surface area (TPSA) is 33.2 Å². The number of pyridine rings is 1. The monoisotopic (exact) mass is 310 g/mol. The molecule has 0 saturated carbocycles. The van der Waals surface area contributed by atoms with Crippen LogP contribution in [0.2, 0.25) is 5.02 Å². The minimum absolute atomic E-state index is 0.167. The van der Waals surface area contributed by atoms with Crippen molar-refractivity contribution in [3.8, 4) is 0 Å². The Morgan fingerprint density at radius 3 is 2.62 bits per heavy atom. The zero-order valence-corrected chi connectivity index (χ0v) is 12.1. The lowest BCUT2D eigenvalue weighted by Crippen LogP contribution is -2.31. The second-order valence-electron chi connectivity index (χ2n) is 4.43. The van der Waals surface area contributed by atoms with Gasteiger partial charge in [0.2, 0.25) is 0 Å². The first-order valence-electron chi connectivity index (χ1n) is 6.36. The molecule has 6 heteroatoms. The van der Waals surface area contributed by atoms with Gasteiger partial charge in [0, 0.05) is 24.3 Å². The second kappa shape index (κ2) is 6.63. The molecule has 1 amide bonds. The summed E-state index contributed by atoms with van der Waals surface area (Å²) in [7, 11) is 0. The summed E-state index contributed by atoms with van der Waals surface area (Å²) in [6, 6.07) is 6.61. The molecule has 1 heterocycles. The van der Waals surface area contributed by atoms with Crippen LogP contribution in [0.1, 0.15) is 23.0 Å². The maximum atomic E-state index is 13.2. The van der Waals surface area contributed by atoms with Crippen LogP contribution in [0.5, 0.6) is 0 Å². The van der Waals surface area contributed by atoms with E-state index in [1.54, 1.807) is 13.0 Å². The van der Waals surface area contributed by atoms with E-state index >= 15 is 0 Å². The zero-order chi connectivity index (χ0) is 15.4. The van der Waals surface area contributed by atoms with Crippen molar-refractivity contribution in [2.45, 2.75) is 13.5 Å². The van der Waals surface area contributed by atoms with Crippen molar-refractivity contribution in [3.63, 3.8) is 0 Å². The van der Waals surface area contributed by atoms with Crippen molar-refractivity contribution in [3.05, 3.63) is 64.4 Å². The molecule has 0 saturated heterocycles. The Hall–Kier alpha value is -2.01. The molecule has 2 rings (SSSR count). The SMILES string of the molecule is CCN(Cc1ccc(F)c(F)c1)C(=O)c1cc(Cl)ccn1. The van der Waals surface area contributed by atoms with E-state index in [4.69, 9.17) is 11.6 Å². The Labute approximate surface area is 126 Å². The smallest absolute Gasteiger partial charge is 0.272 e. The molecule has 0 radical (unpaired) electrons. The molecular formula is C15H13ClF2N2O. The van der Waals surface area contributed by atoms with Crippen LogP contribution in [0, 0.1) is 11.6 Å². The van der Waals surface area contributed by atoms with Gasteiger partial charge >= 0.3 is 0 Å². The van der Waals surface area contributed by atoms with Gasteiger partial charge in [0.1, 0.15) is 5.69 Å². The molecule has 0 atom stereocenters. The van der Waals surface area contributed by atoms with Crippen molar-refractivity contribution in [1.82, 2.24) is 9.88 Å². The van der Waals surface area contributed by atoms with Crippen LogP contribution in [0.15, 0.2) is 36.5 Å². The molecule has 0 aliphatic carbocycles. The minimum atomic E-state index is -0.933. The summed E-state index contributed by atoms with van der Waals surface area (Å²) in [5.74, 6) is -2.16. The Balaban J connectivity index is 2.19. The van der Waals surface area contributed by atoms with Crippen LogP contribution in [0.3, 0.4) is 0 Å². The van der Waals surface area contributed by atoms with E-state index in [0.717, 1.165) is 12.1 Å². The molecular weight excluding hydrogens is 298 g/mol. The normalized spacial score (nSPS) is 10.5. The molecule has 0 bridgehead atoms. The third kappa shape index (κ3) is 3.76. The minimum Gasteiger partial charge on any atom is -0.333 e. The van der Waals surface area contributed by atoms with Crippen LogP contribution in [0.25, 0.3) is 0 Å². The fraction of sp³-hybridized carbons (Fsp3) is 0.200. The number of hydrogen-bond donors (Lipinski definition) is 0. The Kier molecular flexibility index (Phi) is 4.85. The van der Waals surface area contributed by atoms with Crippen molar-refractivity contribution >= 4 is 17.5 Å². The van der Waals surface area contributed by atoms with Gasteiger partial charge < -0.3 is 4.90 Å². The standard InChI is InChI=1S/C15H13ClF2N2O/c1-2-20(9-10-3-4-12(17)13(18)7-10)15(21)14-8-11(16)5-6-19-14/h3-8H,2,9H2,1H3. The van der Waals surface area contributed by atoms with E-state index < -0.39 is 11.6 Å². The fourth-order valence-corrected chi connectivity index (χ4v) is 2.03. The third-order valence-electron chi connectivity index (χ3n) is 2.97. The molecule has 0 fully saturated rings. The summed E-state index contributed by atoms with van der Waals surface area (Å²) < 4.78 is 26.1. The van der Waals surface area contributed by atoms with E-state index in [-0.39, 0.29) is 18.1 Å². The Morgan fingerprint density at radius 1 is 1.24 bits per heavy atom. The largest absolute Gasteiger partial charge is 0.333 e. The third-order valence-corrected chi connectivity index (χ3v) is 3.20. The van der Waals surface area contributed by atoms with E-state index in [9.17, 15) is 13.6 Å². The summed E-state index contributed by atoms with van der Waals surface area (Å²) in [4.78, 5) is 17.8. The zero-order valence-electron chi connectivity index (χ0n) is 11.3. The van der Waals surface area contributed by atoms with Gasteiger partial charge in [0.15, 0.2) is 11.6 Å². The fourth-order valence-electron chi connectivity index (χ4n) is 1.87. The van der Waals surface area contributed by atoms with Crippen molar-refractivity contribution in [2.75, 3.05) is 6.54 Å². The molecule has 1 aromatic heterocycles. The molecule has 0 N–H and O–H groups in total. The predicted molar refractivity (Wildman–Crippen MR) is 76.0 cm³/mol. The number of hydrogen-bond acceptors (Lipinski definition) is 2. The lowest BCUT2D eigenvalue weighted by molar-refractivity contribution is 0.0746. The summed E-state index contributed by atoms with van der Waals surface area (Å²) in [6.07, 6.45) is 1.45. The van der Waals surface area contributed by atoms with Gasteiger partial charge in [-0.2, -0.15) is 0 Å². The van der Waals surface area contributed by atoms with Gasteiger partial charge in [-0.05, 0) is 36.8 Å². The number of aromatic nitrogens is 1.